The quantitative estimate of drug-likeness (QED) is 0.759. The minimum absolute atomic E-state index is 0.0967. The Hall–Kier alpha value is -1.44. The summed E-state index contributed by atoms with van der Waals surface area (Å²) in [6.45, 7) is 7.59. The number of amides is 1. The number of nitrogens with zero attached hydrogens (tertiary/aromatic N) is 1. The summed E-state index contributed by atoms with van der Waals surface area (Å²) in [5.41, 5.74) is 0.615. The molecule has 1 heterocycles. The summed E-state index contributed by atoms with van der Waals surface area (Å²) in [5.74, 6) is 1.13. The molecule has 1 aliphatic carbocycles. The van der Waals surface area contributed by atoms with Crippen LogP contribution < -0.4 is 10.6 Å². The molecular weight excluding hydrogens is 374 g/mol. The Balaban J connectivity index is 1.58. The lowest BCUT2D eigenvalue weighted by Gasteiger charge is -2.36. The van der Waals surface area contributed by atoms with E-state index in [1.54, 1.807) is 24.3 Å². The number of sulfonamides is 1. The number of rotatable bonds is 6. The zero-order valence-electron chi connectivity index (χ0n) is 17.1. The molecule has 156 valence electrons. The third kappa shape index (κ3) is 4.75. The van der Waals surface area contributed by atoms with Crippen LogP contribution >= 0.6 is 0 Å². The van der Waals surface area contributed by atoms with Crippen LogP contribution in [0.3, 0.4) is 0 Å². The van der Waals surface area contributed by atoms with Gasteiger partial charge in [-0.05, 0) is 62.3 Å². The van der Waals surface area contributed by atoms with Gasteiger partial charge in [0.2, 0.25) is 15.9 Å². The zero-order chi connectivity index (χ0) is 20.3. The topological polar surface area (TPSA) is 78.5 Å². The predicted molar refractivity (Wildman–Crippen MR) is 112 cm³/mol. The second-order valence-corrected chi connectivity index (χ2v) is 10.3. The molecule has 0 bridgehead atoms. The molecule has 1 aromatic carbocycles. The van der Waals surface area contributed by atoms with Crippen LogP contribution in [0.5, 0.6) is 0 Å². The van der Waals surface area contributed by atoms with Crippen molar-refractivity contribution in [1.82, 2.24) is 9.62 Å². The first-order valence-electron chi connectivity index (χ1n) is 10.5. The van der Waals surface area contributed by atoms with Gasteiger partial charge in [-0.25, -0.2) is 8.42 Å². The van der Waals surface area contributed by atoms with Crippen molar-refractivity contribution in [3.05, 3.63) is 24.3 Å². The highest BCUT2D eigenvalue weighted by Gasteiger charge is 2.29. The van der Waals surface area contributed by atoms with E-state index in [0.29, 0.717) is 36.7 Å². The molecule has 3 rings (SSSR count). The van der Waals surface area contributed by atoms with Crippen molar-refractivity contribution in [2.45, 2.75) is 69.9 Å². The first-order chi connectivity index (χ1) is 13.3. The van der Waals surface area contributed by atoms with Crippen LogP contribution in [0, 0.1) is 11.8 Å². The van der Waals surface area contributed by atoms with E-state index in [4.69, 9.17) is 0 Å². The molecule has 6 nitrogen and oxygen atoms in total. The first-order valence-corrected chi connectivity index (χ1v) is 11.9. The lowest BCUT2D eigenvalue weighted by atomic mass is 9.78. The van der Waals surface area contributed by atoms with Gasteiger partial charge in [-0.3, -0.25) is 4.79 Å². The molecule has 7 heteroatoms. The van der Waals surface area contributed by atoms with E-state index in [0.717, 1.165) is 19.3 Å². The molecule has 1 amide bonds. The Kier molecular flexibility index (Phi) is 6.78. The lowest BCUT2D eigenvalue weighted by Crippen LogP contribution is -2.49. The Morgan fingerprint density at radius 1 is 1.07 bits per heavy atom. The smallest absolute Gasteiger partial charge is 0.243 e. The fraction of sp³-hybridized carbons (Fsp3) is 0.667. The maximum absolute atomic E-state index is 12.6. The number of hydrogen-bond donors (Lipinski definition) is 2. The Bertz CT molecular complexity index is 773. The van der Waals surface area contributed by atoms with E-state index < -0.39 is 10.0 Å². The maximum Gasteiger partial charge on any atom is 0.243 e. The predicted octanol–water partition coefficient (Wildman–Crippen LogP) is 3.21. The minimum Gasteiger partial charge on any atom is -0.325 e. The van der Waals surface area contributed by atoms with Gasteiger partial charge < -0.3 is 10.6 Å². The standard InChI is InChI=1S/C21H33N3O3S/c1-15-7-6-8-20(16(15)2)22-17(3)21(25)23-18-9-11-19(12-10-18)28(26,27)24-13-4-5-14-24/h9-12,15-17,20,22H,4-8,13-14H2,1-3H3,(H,23,25)/t15-,16-,17+,20-/m1/s1. The summed E-state index contributed by atoms with van der Waals surface area (Å²) in [5, 5.41) is 6.37. The van der Waals surface area contributed by atoms with Gasteiger partial charge in [0, 0.05) is 24.8 Å². The number of benzene rings is 1. The average molecular weight is 408 g/mol. The van der Waals surface area contributed by atoms with Gasteiger partial charge in [-0.15, -0.1) is 0 Å². The number of hydrogen-bond acceptors (Lipinski definition) is 4. The first kappa shape index (κ1) is 21.3. The highest BCUT2D eigenvalue weighted by atomic mass is 32.2. The molecule has 0 aromatic heterocycles. The van der Waals surface area contributed by atoms with Crippen molar-refractivity contribution in [3.63, 3.8) is 0 Å². The molecular formula is C21H33N3O3S. The Morgan fingerprint density at radius 3 is 2.36 bits per heavy atom. The normalized spacial score (nSPS) is 27.5. The van der Waals surface area contributed by atoms with Crippen LogP contribution in [0.15, 0.2) is 29.2 Å². The third-order valence-electron chi connectivity index (χ3n) is 6.39. The van der Waals surface area contributed by atoms with Gasteiger partial charge in [0.1, 0.15) is 0 Å². The summed E-state index contributed by atoms with van der Waals surface area (Å²) >= 11 is 0. The Morgan fingerprint density at radius 2 is 1.71 bits per heavy atom. The molecule has 28 heavy (non-hydrogen) atoms. The number of anilines is 1. The third-order valence-corrected chi connectivity index (χ3v) is 8.30. The van der Waals surface area contributed by atoms with Crippen molar-refractivity contribution < 1.29 is 13.2 Å². The summed E-state index contributed by atoms with van der Waals surface area (Å²) in [7, 11) is -3.42. The molecule has 0 unspecified atom stereocenters. The summed E-state index contributed by atoms with van der Waals surface area (Å²) in [6.07, 6.45) is 5.39. The molecule has 2 aliphatic rings. The van der Waals surface area contributed by atoms with Crippen molar-refractivity contribution in [2.24, 2.45) is 11.8 Å². The SMILES string of the molecule is C[C@@H]1[C@H](C)CCC[C@H]1N[C@@H](C)C(=O)Nc1ccc(S(=O)(=O)N2CCCC2)cc1. The van der Waals surface area contributed by atoms with Gasteiger partial charge >= 0.3 is 0 Å². The summed E-state index contributed by atoms with van der Waals surface area (Å²) in [6, 6.07) is 6.54. The molecule has 4 atom stereocenters. The van der Waals surface area contributed by atoms with Crippen molar-refractivity contribution in [3.8, 4) is 0 Å². The number of nitrogens with one attached hydrogen (secondary N) is 2. The van der Waals surface area contributed by atoms with Gasteiger partial charge in [0.25, 0.3) is 0 Å². The van der Waals surface area contributed by atoms with E-state index in [1.165, 1.54) is 17.1 Å². The van der Waals surface area contributed by atoms with Crippen LogP contribution in [0.4, 0.5) is 5.69 Å². The number of carbonyl (C=O) groups excluding carboxylic acids is 1. The van der Waals surface area contributed by atoms with Crippen LogP contribution in [0.1, 0.15) is 52.9 Å². The van der Waals surface area contributed by atoms with Crippen molar-refractivity contribution >= 4 is 21.6 Å². The van der Waals surface area contributed by atoms with Gasteiger partial charge in [0.15, 0.2) is 0 Å². The van der Waals surface area contributed by atoms with Crippen LogP contribution in [0.2, 0.25) is 0 Å². The van der Waals surface area contributed by atoms with Crippen molar-refractivity contribution in [2.75, 3.05) is 18.4 Å². The van der Waals surface area contributed by atoms with E-state index in [9.17, 15) is 13.2 Å². The van der Waals surface area contributed by atoms with Gasteiger partial charge in [-0.1, -0.05) is 26.7 Å². The molecule has 2 fully saturated rings. The second kappa shape index (κ2) is 8.93. The number of carbonyl (C=O) groups is 1. The zero-order valence-corrected chi connectivity index (χ0v) is 18.0. The molecule has 0 radical (unpaired) electrons. The van der Waals surface area contributed by atoms with Crippen LogP contribution in [0.25, 0.3) is 0 Å². The monoisotopic (exact) mass is 407 g/mol. The van der Waals surface area contributed by atoms with Crippen molar-refractivity contribution in [1.29, 1.82) is 0 Å². The maximum atomic E-state index is 12.6. The molecule has 0 spiro atoms. The van der Waals surface area contributed by atoms with E-state index in [1.807, 2.05) is 6.92 Å². The molecule has 1 aromatic rings. The largest absolute Gasteiger partial charge is 0.325 e. The van der Waals surface area contributed by atoms with Gasteiger partial charge in [0.05, 0.1) is 10.9 Å². The van der Waals surface area contributed by atoms with E-state index in [2.05, 4.69) is 24.5 Å². The molecule has 1 saturated carbocycles. The molecule has 1 saturated heterocycles. The highest BCUT2D eigenvalue weighted by Crippen LogP contribution is 2.29. The fourth-order valence-corrected chi connectivity index (χ4v) is 5.77. The molecule has 2 N–H and O–H groups in total. The van der Waals surface area contributed by atoms with Gasteiger partial charge in [-0.2, -0.15) is 4.31 Å². The lowest BCUT2D eigenvalue weighted by molar-refractivity contribution is -0.118. The van der Waals surface area contributed by atoms with E-state index >= 15 is 0 Å². The van der Waals surface area contributed by atoms with E-state index in [-0.39, 0.29) is 16.8 Å². The van der Waals surface area contributed by atoms with Crippen LogP contribution in [-0.4, -0.2) is 43.8 Å². The van der Waals surface area contributed by atoms with Crippen LogP contribution in [-0.2, 0) is 14.8 Å². The highest BCUT2D eigenvalue weighted by molar-refractivity contribution is 7.89. The Labute approximate surface area is 169 Å². The minimum atomic E-state index is -3.42. The summed E-state index contributed by atoms with van der Waals surface area (Å²) in [4.78, 5) is 12.8. The summed E-state index contributed by atoms with van der Waals surface area (Å²) < 4.78 is 26.7. The average Bonchev–Trinajstić information content (AvgIpc) is 3.21. The second-order valence-electron chi connectivity index (χ2n) is 8.39. The fourth-order valence-electron chi connectivity index (χ4n) is 4.25. The molecule has 1 aliphatic heterocycles.